The van der Waals surface area contributed by atoms with E-state index < -0.39 is 0 Å². The van der Waals surface area contributed by atoms with Crippen LogP contribution in [0.25, 0.3) is 10.2 Å². The third-order valence-corrected chi connectivity index (χ3v) is 5.87. The molecule has 2 N–H and O–H groups in total. The SMILES string of the molecule is CC(N)Cc1ccc(Sc2nc3ccccc3s2)cc1Br. The molecule has 0 aliphatic carbocycles. The summed E-state index contributed by atoms with van der Waals surface area (Å²) in [6, 6.07) is 14.8. The van der Waals surface area contributed by atoms with Crippen molar-refractivity contribution in [3.63, 3.8) is 0 Å². The predicted molar refractivity (Wildman–Crippen MR) is 95.2 cm³/mol. The molecule has 5 heteroatoms. The fourth-order valence-corrected chi connectivity index (χ4v) is 4.87. The number of benzene rings is 2. The van der Waals surface area contributed by atoms with E-state index in [1.54, 1.807) is 23.1 Å². The zero-order chi connectivity index (χ0) is 14.8. The van der Waals surface area contributed by atoms with Gasteiger partial charge in [0.1, 0.15) is 0 Å². The highest BCUT2D eigenvalue weighted by Crippen LogP contribution is 2.35. The molecule has 0 amide bonds. The Balaban J connectivity index is 1.82. The van der Waals surface area contributed by atoms with E-state index in [1.807, 2.05) is 19.1 Å². The van der Waals surface area contributed by atoms with E-state index in [4.69, 9.17) is 5.73 Å². The Hall–Kier alpha value is -0.880. The molecule has 0 spiro atoms. The Morgan fingerprint density at radius 3 is 2.81 bits per heavy atom. The number of fused-ring (bicyclic) bond motifs is 1. The molecule has 21 heavy (non-hydrogen) atoms. The third kappa shape index (κ3) is 3.66. The zero-order valence-electron chi connectivity index (χ0n) is 11.5. The number of halogens is 1. The molecule has 3 rings (SSSR count). The summed E-state index contributed by atoms with van der Waals surface area (Å²) in [5.74, 6) is 0. The van der Waals surface area contributed by atoms with E-state index in [2.05, 4.69) is 51.2 Å². The van der Waals surface area contributed by atoms with Crippen molar-refractivity contribution in [1.82, 2.24) is 4.98 Å². The van der Waals surface area contributed by atoms with Gasteiger partial charge in [-0.05, 0) is 43.2 Å². The highest BCUT2D eigenvalue weighted by Gasteiger charge is 2.08. The minimum absolute atomic E-state index is 0.170. The Morgan fingerprint density at radius 2 is 2.10 bits per heavy atom. The summed E-state index contributed by atoms with van der Waals surface area (Å²) in [7, 11) is 0. The first-order valence-corrected chi connectivity index (χ1v) is 9.12. The summed E-state index contributed by atoms with van der Waals surface area (Å²) in [4.78, 5) is 5.84. The second-order valence-electron chi connectivity index (χ2n) is 4.98. The van der Waals surface area contributed by atoms with E-state index in [-0.39, 0.29) is 6.04 Å². The van der Waals surface area contributed by atoms with Crippen LogP contribution in [0.1, 0.15) is 12.5 Å². The van der Waals surface area contributed by atoms with Gasteiger partial charge in [0.2, 0.25) is 0 Å². The van der Waals surface area contributed by atoms with Crippen LogP contribution in [0.2, 0.25) is 0 Å². The number of nitrogens with zero attached hydrogens (tertiary/aromatic N) is 1. The number of nitrogens with two attached hydrogens (primary N) is 1. The van der Waals surface area contributed by atoms with E-state index in [9.17, 15) is 0 Å². The average Bonchev–Trinajstić information content (AvgIpc) is 2.83. The van der Waals surface area contributed by atoms with Gasteiger partial charge in [-0.2, -0.15) is 0 Å². The summed E-state index contributed by atoms with van der Waals surface area (Å²) >= 11 is 7.07. The van der Waals surface area contributed by atoms with Gasteiger partial charge in [0.05, 0.1) is 10.2 Å². The van der Waals surface area contributed by atoms with E-state index >= 15 is 0 Å². The zero-order valence-corrected chi connectivity index (χ0v) is 14.8. The van der Waals surface area contributed by atoms with E-state index in [0.717, 1.165) is 20.7 Å². The van der Waals surface area contributed by atoms with Crippen LogP contribution in [-0.2, 0) is 6.42 Å². The fourth-order valence-electron chi connectivity index (χ4n) is 2.10. The largest absolute Gasteiger partial charge is 0.328 e. The van der Waals surface area contributed by atoms with Crippen LogP contribution in [0.3, 0.4) is 0 Å². The van der Waals surface area contributed by atoms with Gasteiger partial charge in [0.15, 0.2) is 4.34 Å². The molecule has 0 radical (unpaired) electrons. The highest BCUT2D eigenvalue weighted by molar-refractivity contribution is 9.10. The topological polar surface area (TPSA) is 38.9 Å². The van der Waals surface area contributed by atoms with Crippen LogP contribution >= 0.6 is 39.0 Å². The van der Waals surface area contributed by atoms with E-state index in [0.29, 0.717) is 0 Å². The number of hydrogen-bond acceptors (Lipinski definition) is 4. The number of para-hydroxylation sites is 1. The van der Waals surface area contributed by atoms with Crippen LogP contribution in [0.15, 0.2) is 56.2 Å². The summed E-state index contributed by atoms with van der Waals surface area (Å²) in [5, 5.41) is 0. The summed E-state index contributed by atoms with van der Waals surface area (Å²) < 4.78 is 3.42. The Kier molecular flexibility index (Phi) is 4.64. The van der Waals surface area contributed by atoms with Crippen molar-refractivity contribution in [3.05, 3.63) is 52.5 Å². The van der Waals surface area contributed by atoms with Crippen molar-refractivity contribution in [2.24, 2.45) is 5.73 Å². The van der Waals surface area contributed by atoms with E-state index in [1.165, 1.54) is 15.2 Å². The predicted octanol–water partition coefficient (Wildman–Crippen LogP) is 5.10. The lowest BCUT2D eigenvalue weighted by Crippen LogP contribution is -2.17. The first-order chi connectivity index (χ1) is 10.1. The summed E-state index contributed by atoms with van der Waals surface area (Å²) in [6.45, 7) is 2.02. The number of hydrogen-bond donors (Lipinski definition) is 1. The molecule has 1 heterocycles. The number of aromatic nitrogens is 1. The molecule has 108 valence electrons. The maximum absolute atomic E-state index is 5.86. The van der Waals surface area contributed by atoms with Crippen LogP contribution in [0, 0.1) is 0 Å². The molecule has 0 aliphatic rings. The van der Waals surface area contributed by atoms with Crippen LogP contribution in [0.5, 0.6) is 0 Å². The van der Waals surface area contributed by atoms with Crippen molar-refractivity contribution in [1.29, 1.82) is 0 Å². The monoisotopic (exact) mass is 378 g/mol. The molecule has 2 aromatic carbocycles. The molecule has 0 aliphatic heterocycles. The van der Waals surface area contributed by atoms with Gasteiger partial charge in [0, 0.05) is 15.4 Å². The minimum atomic E-state index is 0.170. The normalized spacial score (nSPS) is 12.7. The second kappa shape index (κ2) is 6.48. The maximum Gasteiger partial charge on any atom is 0.155 e. The van der Waals surface area contributed by atoms with Gasteiger partial charge in [-0.1, -0.05) is 45.9 Å². The maximum atomic E-state index is 5.86. The minimum Gasteiger partial charge on any atom is -0.328 e. The molecule has 0 saturated heterocycles. The van der Waals surface area contributed by atoms with Crippen molar-refractivity contribution in [3.8, 4) is 0 Å². The molecule has 0 saturated carbocycles. The van der Waals surface area contributed by atoms with Crippen molar-refractivity contribution in [2.45, 2.75) is 28.6 Å². The van der Waals surface area contributed by atoms with Crippen molar-refractivity contribution < 1.29 is 0 Å². The molecule has 0 fully saturated rings. The molecule has 3 aromatic rings. The molecular weight excluding hydrogens is 364 g/mol. The molecule has 1 atom stereocenters. The van der Waals surface area contributed by atoms with Crippen LogP contribution < -0.4 is 5.73 Å². The van der Waals surface area contributed by atoms with Crippen LogP contribution in [0.4, 0.5) is 0 Å². The average molecular weight is 379 g/mol. The summed E-state index contributed by atoms with van der Waals surface area (Å²) in [6.07, 6.45) is 0.882. The number of thiazole rings is 1. The molecular formula is C16H15BrN2S2. The van der Waals surface area contributed by atoms with Crippen molar-refractivity contribution in [2.75, 3.05) is 0 Å². The molecule has 1 aromatic heterocycles. The third-order valence-electron chi connectivity index (χ3n) is 3.05. The van der Waals surface area contributed by atoms with Gasteiger partial charge < -0.3 is 5.73 Å². The van der Waals surface area contributed by atoms with Gasteiger partial charge in [0.25, 0.3) is 0 Å². The first kappa shape index (κ1) is 15.0. The van der Waals surface area contributed by atoms with Gasteiger partial charge in [-0.25, -0.2) is 4.98 Å². The fraction of sp³-hybridized carbons (Fsp3) is 0.188. The van der Waals surface area contributed by atoms with Gasteiger partial charge >= 0.3 is 0 Å². The Morgan fingerprint density at radius 1 is 1.29 bits per heavy atom. The van der Waals surface area contributed by atoms with Gasteiger partial charge in [-0.15, -0.1) is 11.3 Å². The molecule has 2 nitrogen and oxygen atoms in total. The first-order valence-electron chi connectivity index (χ1n) is 6.69. The highest BCUT2D eigenvalue weighted by atomic mass is 79.9. The van der Waals surface area contributed by atoms with Crippen molar-refractivity contribution >= 4 is 49.2 Å². The lowest BCUT2D eigenvalue weighted by atomic mass is 10.1. The molecule has 0 bridgehead atoms. The lowest BCUT2D eigenvalue weighted by molar-refractivity contribution is 0.735. The smallest absolute Gasteiger partial charge is 0.155 e. The Bertz CT molecular complexity index is 735. The summed E-state index contributed by atoms with van der Waals surface area (Å²) in [5.41, 5.74) is 8.18. The van der Waals surface area contributed by atoms with Gasteiger partial charge in [-0.3, -0.25) is 0 Å². The Labute approximate surface area is 140 Å². The molecule has 1 unspecified atom stereocenters. The second-order valence-corrected chi connectivity index (χ2v) is 8.19. The quantitative estimate of drug-likeness (QED) is 0.686. The number of rotatable bonds is 4. The lowest BCUT2D eigenvalue weighted by Gasteiger charge is -2.08. The standard InChI is InChI=1S/C16H15BrN2S2/c1-10(18)8-11-6-7-12(9-13(11)17)20-16-19-14-4-2-3-5-15(14)21-16/h2-7,9-10H,8,18H2,1H3. The van der Waals surface area contributed by atoms with Crippen LogP contribution in [-0.4, -0.2) is 11.0 Å².